The van der Waals surface area contributed by atoms with Crippen molar-refractivity contribution >= 4 is 10.2 Å². The molecule has 1 rings (SSSR count). The Balaban J connectivity index is 2.34. The number of hydrogen-bond donors (Lipinski definition) is 1. The van der Waals surface area contributed by atoms with Crippen LogP contribution in [0.25, 0.3) is 0 Å². The van der Waals surface area contributed by atoms with Gasteiger partial charge in [0, 0.05) is 26.6 Å². The van der Waals surface area contributed by atoms with Crippen molar-refractivity contribution in [3.63, 3.8) is 0 Å². The molecule has 0 aromatic rings. The highest BCUT2D eigenvalue weighted by Crippen LogP contribution is 2.27. The van der Waals surface area contributed by atoms with E-state index in [1.807, 2.05) is 6.07 Å². The maximum absolute atomic E-state index is 11.5. The molecule has 0 radical (unpaired) electrons. The number of nitrogens with zero attached hydrogens (tertiary/aromatic N) is 2. The molecule has 0 saturated heterocycles. The van der Waals surface area contributed by atoms with Gasteiger partial charge in [0.15, 0.2) is 0 Å². The van der Waals surface area contributed by atoms with E-state index in [2.05, 4.69) is 4.72 Å². The molecule has 1 aliphatic rings. The zero-order valence-electron chi connectivity index (χ0n) is 8.23. The van der Waals surface area contributed by atoms with E-state index in [0.717, 1.165) is 12.8 Å². The van der Waals surface area contributed by atoms with Crippen molar-refractivity contribution < 1.29 is 8.42 Å². The molecule has 0 unspecified atom stereocenters. The van der Waals surface area contributed by atoms with Crippen molar-refractivity contribution in [1.82, 2.24) is 9.03 Å². The highest BCUT2D eigenvalue weighted by molar-refractivity contribution is 7.87. The average Bonchev–Trinajstić information content (AvgIpc) is 2.94. The second-order valence-corrected chi connectivity index (χ2v) is 5.39. The molecule has 14 heavy (non-hydrogen) atoms. The summed E-state index contributed by atoms with van der Waals surface area (Å²) < 4.78 is 26.6. The quantitative estimate of drug-likeness (QED) is 0.684. The van der Waals surface area contributed by atoms with Gasteiger partial charge in [-0.2, -0.15) is 18.0 Å². The average molecular weight is 217 g/mol. The minimum absolute atomic E-state index is 0.223. The summed E-state index contributed by atoms with van der Waals surface area (Å²) in [6.45, 7) is 0.774. The van der Waals surface area contributed by atoms with Crippen molar-refractivity contribution in [2.24, 2.45) is 5.92 Å². The molecule has 1 aliphatic carbocycles. The zero-order chi connectivity index (χ0) is 10.6. The summed E-state index contributed by atoms with van der Waals surface area (Å²) in [5.41, 5.74) is 0. The van der Waals surface area contributed by atoms with Gasteiger partial charge in [0.1, 0.15) is 0 Å². The Kier molecular flexibility index (Phi) is 3.86. The van der Waals surface area contributed by atoms with E-state index in [4.69, 9.17) is 5.26 Å². The molecule has 0 heterocycles. The van der Waals surface area contributed by atoms with Crippen molar-refractivity contribution in [2.45, 2.75) is 19.3 Å². The maximum Gasteiger partial charge on any atom is 0.279 e. The molecule has 1 fully saturated rings. The van der Waals surface area contributed by atoms with Crippen molar-refractivity contribution in [1.29, 1.82) is 5.26 Å². The van der Waals surface area contributed by atoms with Gasteiger partial charge in [0.05, 0.1) is 6.07 Å². The Morgan fingerprint density at radius 1 is 1.57 bits per heavy atom. The lowest BCUT2D eigenvalue weighted by atomic mass is 10.4. The fraction of sp³-hybridized carbons (Fsp3) is 0.875. The number of hydrogen-bond acceptors (Lipinski definition) is 3. The van der Waals surface area contributed by atoms with Gasteiger partial charge in [-0.25, -0.2) is 4.72 Å². The molecule has 0 amide bonds. The molecule has 6 heteroatoms. The molecule has 80 valence electrons. The molecule has 1 N–H and O–H groups in total. The van der Waals surface area contributed by atoms with E-state index in [9.17, 15) is 8.42 Å². The smallest absolute Gasteiger partial charge is 0.202 e. The highest BCUT2D eigenvalue weighted by Gasteiger charge is 2.25. The minimum atomic E-state index is -3.36. The van der Waals surface area contributed by atoms with E-state index in [1.165, 1.54) is 11.4 Å². The van der Waals surface area contributed by atoms with Crippen molar-refractivity contribution in [3.05, 3.63) is 0 Å². The molecular formula is C8H15N3O2S. The topological polar surface area (TPSA) is 73.2 Å². The summed E-state index contributed by atoms with van der Waals surface area (Å²) in [7, 11) is -1.88. The predicted molar refractivity (Wildman–Crippen MR) is 52.5 cm³/mol. The van der Waals surface area contributed by atoms with Gasteiger partial charge in [-0.05, 0) is 18.8 Å². The van der Waals surface area contributed by atoms with Crippen LogP contribution in [0.3, 0.4) is 0 Å². The van der Waals surface area contributed by atoms with Crippen LogP contribution >= 0.6 is 0 Å². The molecule has 0 aromatic carbocycles. The molecule has 0 aromatic heterocycles. The SMILES string of the molecule is CN(CCC#N)S(=O)(=O)NCC1CC1. The lowest BCUT2D eigenvalue weighted by Gasteiger charge is -2.15. The molecule has 0 bridgehead atoms. The Hall–Kier alpha value is -0.640. The van der Waals surface area contributed by atoms with Gasteiger partial charge in [-0.1, -0.05) is 0 Å². The largest absolute Gasteiger partial charge is 0.279 e. The first-order valence-corrected chi connectivity index (χ1v) is 6.08. The predicted octanol–water partition coefficient (Wildman–Crippen LogP) is 0.0763. The second-order valence-electron chi connectivity index (χ2n) is 3.53. The van der Waals surface area contributed by atoms with E-state index >= 15 is 0 Å². The first-order chi connectivity index (χ1) is 6.56. The molecule has 1 saturated carbocycles. The van der Waals surface area contributed by atoms with Crippen LogP contribution in [0.5, 0.6) is 0 Å². The molecule has 0 spiro atoms. The van der Waals surface area contributed by atoms with Gasteiger partial charge in [0.25, 0.3) is 10.2 Å². The second kappa shape index (κ2) is 4.73. The van der Waals surface area contributed by atoms with Gasteiger partial charge >= 0.3 is 0 Å². The minimum Gasteiger partial charge on any atom is -0.202 e. The monoisotopic (exact) mass is 217 g/mol. The van der Waals surface area contributed by atoms with E-state index in [-0.39, 0.29) is 13.0 Å². The zero-order valence-corrected chi connectivity index (χ0v) is 9.05. The summed E-state index contributed by atoms with van der Waals surface area (Å²) in [6.07, 6.45) is 2.45. The van der Waals surface area contributed by atoms with Gasteiger partial charge in [-0.15, -0.1) is 0 Å². The number of nitrogens with one attached hydrogen (secondary N) is 1. The van der Waals surface area contributed by atoms with Crippen molar-refractivity contribution in [3.8, 4) is 6.07 Å². The maximum atomic E-state index is 11.5. The van der Waals surface area contributed by atoms with Crippen LogP contribution in [0.1, 0.15) is 19.3 Å². The Bertz CT molecular complexity index is 316. The van der Waals surface area contributed by atoms with Crippen LogP contribution in [0.15, 0.2) is 0 Å². The summed E-state index contributed by atoms with van der Waals surface area (Å²) in [6, 6.07) is 1.91. The van der Waals surface area contributed by atoms with Crippen LogP contribution in [-0.4, -0.2) is 32.9 Å². The van der Waals surface area contributed by atoms with E-state index < -0.39 is 10.2 Å². The number of rotatable bonds is 6. The Morgan fingerprint density at radius 2 is 2.21 bits per heavy atom. The third kappa shape index (κ3) is 3.62. The fourth-order valence-corrected chi connectivity index (χ4v) is 1.98. The summed E-state index contributed by atoms with van der Waals surface area (Å²) in [5, 5.41) is 8.32. The summed E-state index contributed by atoms with van der Waals surface area (Å²) in [5.74, 6) is 0.522. The summed E-state index contributed by atoms with van der Waals surface area (Å²) >= 11 is 0. The lowest BCUT2D eigenvalue weighted by Crippen LogP contribution is -2.39. The molecule has 5 nitrogen and oxygen atoms in total. The molecular weight excluding hydrogens is 202 g/mol. The van der Waals surface area contributed by atoms with Gasteiger partial charge < -0.3 is 0 Å². The van der Waals surface area contributed by atoms with E-state index in [0.29, 0.717) is 12.5 Å². The normalized spacial score (nSPS) is 16.9. The van der Waals surface area contributed by atoms with Gasteiger partial charge in [0.2, 0.25) is 0 Å². The fourth-order valence-electron chi connectivity index (χ4n) is 0.983. The van der Waals surface area contributed by atoms with Crippen LogP contribution in [0.4, 0.5) is 0 Å². The highest BCUT2D eigenvalue weighted by atomic mass is 32.2. The van der Waals surface area contributed by atoms with Gasteiger partial charge in [-0.3, -0.25) is 0 Å². The lowest BCUT2D eigenvalue weighted by molar-refractivity contribution is 0.463. The first-order valence-electron chi connectivity index (χ1n) is 4.64. The molecule has 0 aliphatic heterocycles. The third-order valence-corrected chi connectivity index (χ3v) is 3.73. The Labute approximate surface area is 84.9 Å². The van der Waals surface area contributed by atoms with Crippen LogP contribution in [0, 0.1) is 17.2 Å². The van der Waals surface area contributed by atoms with E-state index in [1.54, 1.807) is 0 Å². The standard InChI is InChI=1S/C8H15N3O2S/c1-11(6-2-5-9)14(12,13)10-7-8-3-4-8/h8,10H,2-4,6-7H2,1H3. The van der Waals surface area contributed by atoms with Crippen LogP contribution in [-0.2, 0) is 10.2 Å². The van der Waals surface area contributed by atoms with Crippen molar-refractivity contribution in [2.75, 3.05) is 20.1 Å². The third-order valence-electron chi connectivity index (χ3n) is 2.20. The first kappa shape index (κ1) is 11.4. The summed E-state index contributed by atoms with van der Waals surface area (Å²) in [4.78, 5) is 0. The van der Waals surface area contributed by atoms with Crippen LogP contribution in [0.2, 0.25) is 0 Å². The number of nitriles is 1. The van der Waals surface area contributed by atoms with Crippen LogP contribution < -0.4 is 4.72 Å². The Morgan fingerprint density at radius 3 is 2.71 bits per heavy atom. The molecule has 0 atom stereocenters.